The number of rotatable bonds is 4. The molecule has 0 amide bonds. The average molecular weight is 261 g/mol. The molecule has 5 heteroatoms. The molecule has 102 valence electrons. The fourth-order valence-corrected chi connectivity index (χ4v) is 1.87. The normalized spacial score (nSPS) is 14.2. The van der Waals surface area contributed by atoms with E-state index in [1.54, 1.807) is 13.0 Å². The second kappa shape index (κ2) is 5.01. The standard InChI is InChI=1S/C14H19N3O2/c1-9-7-10(2)17-13(16-9)15-8-14(4,18)12-6-5-11(3)19-12/h5-7,18H,8H2,1-4H3,(H,15,16,17). The van der Waals surface area contributed by atoms with Crippen molar-refractivity contribution in [3.63, 3.8) is 0 Å². The Hall–Kier alpha value is -1.88. The summed E-state index contributed by atoms with van der Waals surface area (Å²) in [5.74, 6) is 1.82. The van der Waals surface area contributed by atoms with Crippen molar-refractivity contribution < 1.29 is 9.52 Å². The van der Waals surface area contributed by atoms with Crippen LogP contribution in [0.3, 0.4) is 0 Å². The van der Waals surface area contributed by atoms with Crippen molar-refractivity contribution in [3.05, 3.63) is 41.1 Å². The third-order valence-corrected chi connectivity index (χ3v) is 2.84. The molecule has 0 saturated carbocycles. The molecule has 19 heavy (non-hydrogen) atoms. The second-order valence-electron chi connectivity index (χ2n) is 5.01. The number of hydrogen-bond donors (Lipinski definition) is 2. The van der Waals surface area contributed by atoms with E-state index in [0.717, 1.165) is 17.1 Å². The first kappa shape index (κ1) is 13.5. The van der Waals surface area contributed by atoms with Gasteiger partial charge in [0.05, 0.1) is 6.54 Å². The van der Waals surface area contributed by atoms with E-state index >= 15 is 0 Å². The first-order valence-electron chi connectivity index (χ1n) is 6.22. The summed E-state index contributed by atoms with van der Waals surface area (Å²) in [4.78, 5) is 8.54. The van der Waals surface area contributed by atoms with E-state index in [0.29, 0.717) is 11.7 Å². The molecule has 2 aromatic heterocycles. The van der Waals surface area contributed by atoms with Gasteiger partial charge >= 0.3 is 0 Å². The summed E-state index contributed by atoms with van der Waals surface area (Å²) in [6, 6.07) is 5.51. The lowest BCUT2D eigenvalue weighted by molar-refractivity contribution is 0.0466. The molecule has 0 aliphatic carbocycles. The maximum atomic E-state index is 10.4. The molecule has 0 aromatic carbocycles. The molecular formula is C14H19N3O2. The highest BCUT2D eigenvalue weighted by atomic mass is 16.4. The Morgan fingerprint density at radius 3 is 2.37 bits per heavy atom. The van der Waals surface area contributed by atoms with Crippen LogP contribution in [0.25, 0.3) is 0 Å². The van der Waals surface area contributed by atoms with Gasteiger partial charge in [-0.2, -0.15) is 0 Å². The van der Waals surface area contributed by atoms with Gasteiger partial charge in [-0.25, -0.2) is 9.97 Å². The Labute approximate surface area is 112 Å². The van der Waals surface area contributed by atoms with E-state index in [4.69, 9.17) is 4.42 Å². The van der Waals surface area contributed by atoms with Crippen LogP contribution in [0.4, 0.5) is 5.95 Å². The molecule has 0 bridgehead atoms. The van der Waals surface area contributed by atoms with Crippen LogP contribution in [0, 0.1) is 20.8 Å². The van der Waals surface area contributed by atoms with Gasteiger partial charge in [0.1, 0.15) is 17.1 Å². The predicted molar refractivity (Wildman–Crippen MR) is 73.0 cm³/mol. The second-order valence-corrected chi connectivity index (χ2v) is 5.01. The number of aryl methyl sites for hydroxylation is 3. The highest BCUT2D eigenvalue weighted by molar-refractivity contribution is 5.29. The van der Waals surface area contributed by atoms with Crippen LogP contribution >= 0.6 is 0 Å². The molecule has 0 saturated heterocycles. The molecule has 1 atom stereocenters. The number of nitrogens with zero attached hydrogens (tertiary/aromatic N) is 2. The van der Waals surface area contributed by atoms with E-state index in [2.05, 4.69) is 15.3 Å². The van der Waals surface area contributed by atoms with Gasteiger partial charge in [0.15, 0.2) is 0 Å². The summed E-state index contributed by atoms with van der Waals surface area (Å²) < 4.78 is 5.45. The van der Waals surface area contributed by atoms with Gasteiger partial charge in [-0.15, -0.1) is 0 Å². The van der Waals surface area contributed by atoms with E-state index in [1.165, 1.54) is 0 Å². The Morgan fingerprint density at radius 1 is 1.21 bits per heavy atom. The van der Waals surface area contributed by atoms with Crippen molar-refractivity contribution in [1.29, 1.82) is 0 Å². The van der Waals surface area contributed by atoms with Crippen LogP contribution in [0.5, 0.6) is 0 Å². The molecule has 2 heterocycles. The number of nitrogens with one attached hydrogen (secondary N) is 1. The SMILES string of the molecule is Cc1cc(C)nc(NCC(C)(O)c2ccc(C)o2)n1. The number of hydrogen-bond acceptors (Lipinski definition) is 5. The lowest BCUT2D eigenvalue weighted by Crippen LogP contribution is -2.30. The van der Waals surface area contributed by atoms with Gasteiger partial charge in [-0.1, -0.05) is 0 Å². The Morgan fingerprint density at radius 2 is 1.84 bits per heavy atom. The zero-order chi connectivity index (χ0) is 14.0. The van der Waals surface area contributed by atoms with Gasteiger partial charge in [0, 0.05) is 11.4 Å². The van der Waals surface area contributed by atoms with E-state index < -0.39 is 5.60 Å². The lowest BCUT2D eigenvalue weighted by atomic mass is 10.0. The molecule has 0 fully saturated rings. The molecule has 2 aromatic rings. The quantitative estimate of drug-likeness (QED) is 0.883. The molecule has 2 N–H and O–H groups in total. The van der Waals surface area contributed by atoms with Gasteiger partial charge in [0.25, 0.3) is 0 Å². The van der Waals surface area contributed by atoms with E-state index in [-0.39, 0.29) is 6.54 Å². The minimum absolute atomic E-state index is 0.281. The van der Waals surface area contributed by atoms with Gasteiger partial charge in [-0.05, 0) is 45.9 Å². The lowest BCUT2D eigenvalue weighted by Gasteiger charge is -2.21. The van der Waals surface area contributed by atoms with Crippen LogP contribution in [0.15, 0.2) is 22.6 Å². The summed E-state index contributed by atoms with van der Waals surface area (Å²) in [7, 11) is 0. The summed E-state index contributed by atoms with van der Waals surface area (Å²) in [5.41, 5.74) is 0.682. The van der Waals surface area contributed by atoms with Crippen LogP contribution in [0.1, 0.15) is 29.8 Å². The maximum absolute atomic E-state index is 10.4. The first-order chi connectivity index (χ1) is 8.87. The Bertz CT molecular complexity index is 556. The zero-order valence-corrected chi connectivity index (χ0v) is 11.7. The van der Waals surface area contributed by atoms with Crippen LogP contribution in [-0.4, -0.2) is 21.6 Å². The molecule has 0 aliphatic heterocycles. The van der Waals surface area contributed by atoms with Crippen molar-refractivity contribution in [2.45, 2.75) is 33.3 Å². The topological polar surface area (TPSA) is 71.2 Å². The molecular weight excluding hydrogens is 242 g/mol. The van der Waals surface area contributed by atoms with Gasteiger partial charge < -0.3 is 14.8 Å². The van der Waals surface area contributed by atoms with Crippen molar-refractivity contribution in [3.8, 4) is 0 Å². The van der Waals surface area contributed by atoms with Gasteiger partial charge in [0.2, 0.25) is 5.95 Å². The first-order valence-corrected chi connectivity index (χ1v) is 6.22. The molecule has 0 aliphatic rings. The molecule has 2 rings (SSSR count). The fourth-order valence-electron chi connectivity index (χ4n) is 1.87. The monoisotopic (exact) mass is 261 g/mol. The highest BCUT2D eigenvalue weighted by Gasteiger charge is 2.26. The van der Waals surface area contributed by atoms with E-state index in [1.807, 2.05) is 32.9 Å². The van der Waals surface area contributed by atoms with Crippen molar-refractivity contribution in [1.82, 2.24) is 9.97 Å². The largest absolute Gasteiger partial charge is 0.463 e. The number of furan rings is 1. The molecule has 0 radical (unpaired) electrons. The summed E-state index contributed by atoms with van der Waals surface area (Å²) in [5, 5.41) is 13.4. The minimum Gasteiger partial charge on any atom is -0.463 e. The smallest absolute Gasteiger partial charge is 0.223 e. The maximum Gasteiger partial charge on any atom is 0.223 e. The summed E-state index contributed by atoms with van der Waals surface area (Å²) >= 11 is 0. The number of aliphatic hydroxyl groups is 1. The van der Waals surface area contributed by atoms with Crippen molar-refractivity contribution >= 4 is 5.95 Å². The van der Waals surface area contributed by atoms with Crippen LogP contribution < -0.4 is 5.32 Å². The third-order valence-electron chi connectivity index (χ3n) is 2.84. The average Bonchev–Trinajstić information content (AvgIpc) is 2.73. The summed E-state index contributed by atoms with van der Waals surface area (Å²) in [6.07, 6.45) is 0. The number of anilines is 1. The van der Waals surface area contributed by atoms with Crippen molar-refractivity contribution in [2.75, 3.05) is 11.9 Å². The predicted octanol–water partition coefficient (Wildman–Crippen LogP) is 2.31. The van der Waals surface area contributed by atoms with Crippen molar-refractivity contribution in [2.24, 2.45) is 0 Å². The Kier molecular flexibility index (Phi) is 3.57. The minimum atomic E-state index is -1.10. The highest BCUT2D eigenvalue weighted by Crippen LogP contribution is 2.23. The zero-order valence-electron chi connectivity index (χ0n) is 11.7. The van der Waals surface area contributed by atoms with Crippen LogP contribution in [-0.2, 0) is 5.60 Å². The molecule has 1 unspecified atom stereocenters. The Balaban J connectivity index is 2.09. The number of aromatic nitrogens is 2. The van der Waals surface area contributed by atoms with Gasteiger partial charge in [-0.3, -0.25) is 0 Å². The fraction of sp³-hybridized carbons (Fsp3) is 0.429. The molecule has 5 nitrogen and oxygen atoms in total. The summed E-state index contributed by atoms with van der Waals surface area (Å²) in [6.45, 7) is 7.64. The third kappa shape index (κ3) is 3.32. The van der Waals surface area contributed by atoms with E-state index in [9.17, 15) is 5.11 Å². The molecule has 0 spiro atoms. The van der Waals surface area contributed by atoms with Crippen LogP contribution in [0.2, 0.25) is 0 Å².